The molecule has 0 saturated carbocycles. The van der Waals surface area contributed by atoms with E-state index in [9.17, 15) is 0 Å². The SMILES string of the molecule is CCc1cc(CBr)ccc1NC. The fraction of sp³-hybridized carbons (Fsp3) is 0.400. The van der Waals surface area contributed by atoms with E-state index in [0.29, 0.717) is 0 Å². The molecule has 1 rings (SSSR count). The highest BCUT2D eigenvalue weighted by Gasteiger charge is 1.99. The number of nitrogens with one attached hydrogen (secondary N) is 1. The van der Waals surface area contributed by atoms with Crippen LogP contribution in [0.1, 0.15) is 18.1 Å². The quantitative estimate of drug-likeness (QED) is 0.783. The molecule has 0 amide bonds. The van der Waals surface area contributed by atoms with Gasteiger partial charge < -0.3 is 5.32 Å². The van der Waals surface area contributed by atoms with Gasteiger partial charge in [0, 0.05) is 18.1 Å². The molecule has 0 atom stereocenters. The van der Waals surface area contributed by atoms with Crippen LogP contribution in [0.3, 0.4) is 0 Å². The van der Waals surface area contributed by atoms with Crippen molar-refractivity contribution in [2.45, 2.75) is 18.7 Å². The summed E-state index contributed by atoms with van der Waals surface area (Å²) < 4.78 is 0. The van der Waals surface area contributed by atoms with Gasteiger partial charge in [0.15, 0.2) is 0 Å². The number of halogens is 1. The first kappa shape index (κ1) is 9.59. The van der Waals surface area contributed by atoms with Crippen molar-refractivity contribution in [3.05, 3.63) is 29.3 Å². The Labute approximate surface area is 82.3 Å². The molecule has 1 aromatic rings. The fourth-order valence-corrected chi connectivity index (χ4v) is 1.62. The average molecular weight is 228 g/mol. The van der Waals surface area contributed by atoms with E-state index in [1.54, 1.807) is 0 Å². The summed E-state index contributed by atoms with van der Waals surface area (Å²) in [7, 11) is 1.96. The van der Waals surface area contributed by atoms with Crippen LogP contribution in [0.2, 0.25) is 0 Å². The summed E-state index contributed by atoms with van der Waals surface area (Å²) in [5.74, 6) is 0. The number of anilines is 1. The van der Waals surface area contributed by atoms with E-state index in [4.69, 9.17) is 0 Å². The normalized spacial score (nSPS) is 9.92. The highest BCUT2D eigenvalue weighted by Crippen LogP contribution is 2.18. The van der Waals surface area contributed by atoms with Gasteiger partial charge in [0.25, 0.3) is 0 Å². The molecule has 1 aromatic carbocycles. The summed E-state index contributed by atoms with van der Waals surface area (Å²) in [6, 6.07) is 6.51. The van der Waals surface area contributed by atoms with Crippen LogP contribution in [-0.4, -0.2) is 7.05 Å². The maximum absolute atomic E-state index is 3.45. The molecule has 0 aliphatic heterocycles. The van der Waals surface area contributed by atoms with Crippen molar-refractivity contribution in [1.82, 2.24) is 0 Å². The fourth-order valence-electron chi connectivity index (χ4n) is 1.27. The molecular formula is C10H14BrN. The van der Waals surface area contributed by atoms with E-state index >= 15 is 0 Å². The molecule has 0 heterocycles. The van der Waals surface area contributed by atoms with Gasteiger partial charge in [-0.3, -0.25) is 0 Å². The third-order valence-corrected chi connectivity index (χ3v) is 2.62. The number of hydrogen-bond donors (Lipinski definition) is 1. The van der Waals surface area contributed by atoms with E-state index in [0.717, 1.165) is 11.8 Å². The Morgan fingerprint density at radius 1 is 1.42 bits per heavy atom. The maximum Gasteiger partial charge on any atom is 0.0370 e. The molecule has 0 spiro atoms. The smallest absolute Gasteiger partial charge is 0.0370 e. The van der Waals surface area contributed by atoms with Gasteiger partial charge in [0.2, 0.25) is 0 Å². The second-order valence-corrected chi connectivity index (χ2v) is 3.29. The van der Waals surface area contributed by atoms with Crippen LogP contribution in [0.25, 0.3) is 0 Å². The first-order chi connectivity index (χ1) is 5.81. The Morgan fingerprint density at radius 3 is 2.67 bits per heavy atom. The molecule has 0 bridgehead atoms. The van der Waals surface area contributed by atoms with Gasteiger partial charge in [-0.25, -0.2) is 0 Å². The lowest BCUT2D eigenvalue weighted by Gasteiger charge is -2.08. The van der Waals surface area contributed by atoms with Crippen LogP contribution in [0.15, 0.2) is 18.2 Å². The molecule has 12 heavy (non-hydrogen) atoms. The number of rotatable bonds is 3. The van der Waals surface area contributed by atoms with Crippen LogP contribution in [0.5, 0.6) is 0 Å². The number of hydrogen-bond acceptors (Lipinski definition) is 1. The summed E-state index contributed by atoms with van der Waals surface area (Å²) in [6.07, 6.45) is 1.08. The predicted octanol–water partition coefficient (Wildman–Crippen LogP) is 3.19. The zero-order valence-electron chi connectivity index (χ0n) is 7.52. The molecule has 1 N–H and O–H groups in total. The Morgan fingerprint density at radius 2 is 2.17 bits per heavy atom. The lowest BCUT2D eigenvalue weighted by atomic mass is 10.1. The Hall–Kier alpha value is -0.500. The third kappa shape index (κ3) is 2.01. The van der Waals surface area contributed by atoms with Gasteiger partial charge in [-0.2, -0.15) is 0 Å². The molecule has 2 heteroatoms. The van der Waals surface area contributed by atoms with Gasteiger partial charge in [0.1, 0.15) is 0 Å². The van der Waals surface area contributed by atoms with Crippen molar-refractivity contribution >= 4 is 21.6 Å². The van der Waals surface area contributed by atoms with E-state index in [1.165, 1.54) is 16.8 Å². The summed E-state index contributed by atoms with van der Waals surface area (Å²) >= 11 is 3.45. The largest absolute Gasteiger partial charge is 0.388 e. The number of benzene rings is 1. The van der Waals surface area contributed by atoms with Crippen molar-refractivity contribution in [2.75, 3.05) is 12.4 Å². The minimum absolute atomic E-state index is 0.935. The first-order valence-corrected chi connectivity index (χ1v) is 5.29. The van der Waals surface area contributed by atoms with E-state index in [1.807, 2.05) is 7.05 Å². The number of aryl methyl sites for hydroxylation is 1. The monoisotopic (exact) mass is 227 g/mol. The highest BCUT2D eigenvalue weighted by molar-refractivity contribution is 9.08. The summed E-state index contributed by atoms with van der Waals surface area (Å²) in [5.41, 5.74) is 3.96. The van der Waals surface area contributed by atoms with Crippen molar-refractivity contribution < 1.29 is 0 Å². The Kier molecular flexibility index (Phi) is 3.60. The Bertz CT molecular complexity index is 258. The van der Waals surface area contributed by atoms with Crippen molar-refractivity contribution in [2.24, 2.45) is 0 Å². The first-order valence-electron chi connectivity index (χ1n) is 4.17. The molecule has 0 aliphatic carbocycles. The summed E-state index contributed by atoms with van der Waals surface area (Å²) in [4.78, 5) is 0. The van der Waals surface area contributed by atoms with Crippen LogP contribution in [0.4, 0.5) is 5.69 Å². The zero-order chi connectivity index (χ0) is 8.97. The molecule has 0 unspecified atom stereocenters. The molecule has 0 aliphatic rings. The summed E-state index contributed by atoms with van der Waals surface area (Å²) in [6.45, 7) is 2.17. The lowest BCUT2D eigenvalue weighted by Crippen LogP contribution is -1.95. The van der Waals surface area contributed by atoms with Crippen LogP contribution < -0.4 is 5.32 Å². The van der Waals surface area contributed by atoms with Crippen LogP contribution in [0, 0.1) is 0 Å². The average Bonchev–Trinajstić information content (AvgIpc) is 2.16. The highest BCUT2D eigenvalue weighted by atomic mass is 79.9. The molecular weight excluding hydrogens is 214 g/mol. The van der Waals surface area contributed by atoms with Crippen molar-refractivity contribution in [3.63, 3.8) is 0 Å². The van der Waals surface area contributed by atoms with Crippen molar-refractivity contribution in [1.29, 1.82) is 0 Å². The zero-order valence-corrected chi connectivity index (χ0v) is 9.11. The topological polar surface area (TPSA) is 12.0 Å². The Balaban J connectivity index is 3.02. The van der Waals surface area contributed by atoms with Crippen molar-refractivity contribution in [3.8, 4) is 0 Å². The van der Waals surface area contributed by atoms with Gasteiger partial charge in [-0.05, 0) is 23.6 Å². The van der Waals surface area contributed by atoms with Gasteiger partial charge in [-0.1, -0.05) is 35.0 Å². The van der Waals surface area contributed by atoms with E-state index in [2.05, 4.69) is 46.4 Å². The number of alkyl halides is 1. The van der Waals surface area contributed by atoms with Gasteiger partial charge in [0.05, 0.1) is 0 Å². The van der Waals surface area contributed by atoms with E-state index in [-0.39, 0.29) is 0 Å². The second kappa shape index (κ2) is 4.51. The van der Waals surface area contributed by atoms with Crippen LogP contribution in [-0.2, 0) is 11.8 Å². The van der Waals surface area contributed by atoms with Crippen LogP contribution >= 0.6 is 15.9 Å². The molecule has 0 saturated heterocycles. The second-order valence-electron chi connectivity index (χ2n) is 2.73. The molecule has 0 radical (unpaired) electrons. The minimum atomic E-state index is 0.935. The molecule has 1 nitrogen and oxygen atoms in total. The molecule has 0 fully saturated rings. The minimum Gasteiger partial charge on any atom is -0.388 e. The molecule has 66 valence electrons. The summed E-state index contributed by atoms with van der Waals surface area (Å²) in [5, 5.41) is 4.12. The maximum atomic E-state index is 3.45. The van der Waals surface area contributed by atoms with Gasteiger partial charge >= 0.3 is 0 Å². The predicted molar refractivity (Wildman–Crippen MR) is 58.0 cm³/mol. The standard InChI is InChI=1S/C10H14BrN/c1-3-9-6-8(7-11)4-5-10(9)12-2/h4-6,12H,3,7H2,1-2H3. The van der Waals surface area contributed by atoms with Gasteiger partial charge in [-0.15, -0.1) is 0 Å². The van der Waals surface area contributed by atoms with E-state index < -0.39 is 0 Å². The molecule has 0 aromatic heterocycles. The third-order valence-electron chi connectivity index (χ3n) is 1.97. The lowest BCUT2D eigenvalue weighted by molar-refractivity contribution is 1.13.